The SMILES string of the molecule is CCc1c(CC(=O)OC)c2cc(OC3CCCC3)ccc2n1CCc1ccccc1. The van der Waals surface area contributed by atoms with E-state index in [2.05, 4.69) is 54.0 Å². The first kappa shape index (κ1) is 20.5. The van der Waals surface area contributed by atoms with Crippen LogP contribution in [-0.2, 0) is 35.3 Å². The van der Waals surface area contributed by atoms with Gasteiger partial charge in [0.1, 0.15) is 5.75 Å². The maximum absolute atomic E-state index is 12.2. The Balaban J connectivity index is 1.71. The van der Waals surface area contributed by atoms with E-state index >= 15 is 0 Å². The smallest absolute Gasteiger partial charge is 0.310 e. The number of hydrogen-bond donors (Lipinski definition) is 0. The van der Waals surface area contributed by atoms with Gasteiger partial charge in [0.25, 0.3) is 0 Å². The Morgan fingerprint density at radius 3 is 2.57 bits per heavy atom. The summed E-state index contributed by atoms with van der Waals surface area (Å²) < 4.78 is 13.6. The molecule has 30 heavy (non-hydrogen) atoms. The summed E-state index contributed by atoms with van der Waals surface area (Å²) in [6.07, 6.45) is 7.19. The second-order valence-corrected chi connectivity index (χ2v) is 8.12. The van der Waals surface area contributed by atoms with Crippen LogP contribution in [0.4, 0.5) is 0 Å². The second-order valence-electron chi connectivity index (χ2n) is 8.12. The Morgan fingerprint density at radius 1 is 1.10 bits per heavy atom. The number of rotatable bonds is 8. The molecule has 1 fully saturated rings. The molecule has 1 aliphatic rings. The second kappa shape index (κ2) is 9.38. The molecule has 0 amide bonds. The number of fused-ring (bicyclic) bond motifs is 1. The Labute approximate surface area is 178 Å². The highest BCUT2D eigenvalue weighted by Crippen LogP contribution is 2.33. The number of esters is 1. The third-order valence-electron chi connectivity index (χ3n) is 6.21. The van der Waals surface area contributed by atoms with Crippen molar-refractivity contribution in [1.82, 2.24) is 4.57 Å². The quantitative estimate of drug-likeness (QED) is 0.466. The minimum absolute atomic E-state index is 0.200. The lowest BCUT2D eigenvalue weighted by molar-refractivity contribution is -0.139. The van der Waals surface area contributed by atoms with Crippen molar-refractivity contribution in [1.29, 1.82) is 0 Å². The molecule has 4 rings (SSSR count). The van der Waals surface area contributed by atoms with Gasteiger partial charge < -0.3 is 14.0 Å². The largest absolute Gasteiger partial charge is 0.490 e. The normalized spacial score (nSPS) is 14.3. The first-order chi connectivity index (χ1) is 14.7. The van der Waals surface area contributed by atoms with Gasteiger partial charge in [0.05, 0.1) is 19.6 Å². The number of aryl methyl sites for hydroxylation is 2. The zero-order chi connectivity index (χ0) is 20.9. The van der Waals surface area contributed by atoms with Crippen LogP contribution in [0.5, 0.6) is 5.75 Å². The third kappa shape index (κ3) is 4.38. The molecular formula is C26H31NO3. The van der Waals surface area contributed by atoms with Gasteiger partial charge in [-0.1, -0.05) is 37.3 Å². The van der Waals surface area contributed by atoms with Gasteiger partial charge in [-0.2, -0.15) is 0 Å². The number of carbonyl (C=O) groups excluding carboxylic acids is 1. The van der Waals surface area contributed by atoms with Gasteiger partial charge in [0, 0.05) is 23.1 Å². The van der Waals surface area contributed by atoms with Crippen molar-refractivity contribution < 1.29 is 14.3 Å². The molecule has 1 aliphatic carbocycles. The van der Waals surface area contributed by atoms with E-state index < -0.39 is 0 Å². The molecule has 0 atom stereocenters. The van der Waals surface area contributed by atoms with Crippen LogP contribution < -0.4 is 4.74 Å². The monoisotopic (exact) mass is 405 g/mol. The van der Waals surface area contributed by atoms with Crippen LogP contribution in [0, 0.1) is 0 Å². The average molecular weight is 406 g/mol. The van der Waals surface area contributed by atoms with Gasteiger partial charge >= 0.3 is 5.97 Å². The maximum Gasteiger partial charge on any atom is 0.310 e. The summed E-state index contributed by atoms with van der Waals surface area (Å²) >= 11 is 0. The lowest BCUT2D eigenvalue weighted by Crippen LogP contribution is -2.10. The van der Waals surface area contributed by atoms with Gasteiger partial charge in [-0.25, -0.2) is 0 Å². The lowest BCUT2D eigenvalue weighted by Gasteiger charge is -2.13. The summed E-state index contributed by atoms with van der Waals surface area (Å²) in [7, 11) is 1.46. The Kier molecular flexibility index (Phi) is 6.41. The molecule has 3 aromatic rings. The topological polar surface area (TPSA) is 40.5 Å². The van der Waals surface area contributed by atoms with Crippen molar-refractivity contribution in [2.45, 2.75) is 64.5 Å². The predicted molar refractivity (Wildman–Crippen MR) is 120 cm³/mol. The summed E-state index contributed by atoms with van der Waals surface area (Å²) in [6.45, 7) is 3.04. The summed E-state index contributed by atoms with van der Waals surface area (Å²) in [5.74, 6) is 0.706. The summed E-state index contributed by atoms with van der Waals surface area (Å²) in [5.41, 5.74) is 4.77. The first-order valence-corrected chi connectivity index (χ1v) is 11.1. The zero-order valence-corrected chi connectivity index (χ0v) is 18.0. The molecule has 158 valence electrons. The van der Waals surface area contributed by atoms with Gasteiger partial charge in [-0.3, -0.25) is 4.79 Å². The van der Waals surface area contributed by atoms with Crippen molar-refractivity contribution >= 4 is 16.9 Å². The first-order valence-electron chi connectivity index (χ1n) is 11.1. The van der Waals surface area contributed by atoms with Crippen molar-refractivity contribution in [3.05, 3.63) is 65.4 Å². The number of benzene rings is 2. The van der Waals surface area contributed by atoms with Crippen LogP contribution in [0.2, 0.25) is 0 Å². The molecule has 1 heterocycles. The standard InChI is InChI=1S/C26H31NO3/c1-3-24-23(18-26(28)29-2)22-17-21(30-20-11-7-8-12-20)13-14-25(22)27(24)16-15-19-9-5-4-6-10-19/h4-6,9-10,13-14,17,20H,3,7-8,11-12,15-16,18H2,1-2H3. The van der Waals surface area contributed by atoms with Crippen molar-refractivity contribution in [3.8, 4) is 5.75 Å². The number of hydrogen-bond acceptors (Lipinski definition) is 3. The van der Waals surface area contributed by atoms with Crippen LogP contribution >= 0.6 is 0 Å². The van der Waals surface area contributed by atoms with Crippen molar-refractivity contribution in [3.63, 3.8) is 0 Å². The Bertz CT molecular complexity index is 1000. The van der Waals surface area contributed by atoms with Gasteiger partial charge in [0.2, 0.25) is 0 Å². The fourth-order valence-corrected chi connectivity index (χ4v) is 4.69. The molecule has 0 radical (unpaired) electrons. The number of carbonyl (C=O) groups is 1. The summed E-state index contributed by atoms with van der Waals surface area (Å²) in [5, 5.41) is 1.11. The third-order valence-corrected chi connectivity index (χ3v) is 6.21. The summed E-state index contributed by atoms with van der Waals surface area (Å²) in [6, 6.07) is 16.9. The van der Waals surface area contributed by atoms with E-state index in [0.29, 0.717) is 12.5 Å². The fraction of sp³-hybridized carbons (Fsp3) is 0.423. The molecule has 0 unspecified atom stereocenters. The fourth-order valence-electron chi connectivity index (χ4n) is 4.69. The van der Waals surface area contributed by atoms with Crippen LogP contribution in [0.3, 0.4) is 0 Å². The lowest BCUT2D eigenvalue weighted by atomic mass is 10.1. The molecule has 0 aliphatic heterocycles. The van der Waals surface area contributed by atoms with Crippen LogP contribution in [0.15, 0.2) is 48.5 Å². The van der Waals surface area contributed by atoms with Crippen LogP contribution in [0.25, 0.3) is 10.9 Å². The van der Waals surface area contributed by atoms with E-state index in [4.69, 9.17) is 9.47 Å². The summed E-state index contributed by atoms with van der Waals surface area (Å²) in [4.78, 5) is 12.2. The molecule has 0 saturated heterocycles. The molecule has 0 bridgehead atoms. The van der Waals surface area contributed by atoms with E-state index in [1.54, 1.807) is 0 Å². The molecular weight excluding hydrogens is 374 g/mol. The molecule has 1 aromatic heterocycles. The van der Waals surface area contributed by atoms with Gasteiger partial charge in [-0.05, 0) is 67.9 Å². The molecule has 0 N–H and O–H groups in total. The molecule has 0 spiro atoms. The van der Waals surface area contributed by atoms with E-state index in [-0.39, 0.29) is 5.97 Å². The van der Waals surface area contributed by atoms with E-state index in [1.807, 2.05) is 6.07 Å². The molecule has 4 heteroatoms. The average Bonchev–Trinajstić information content (AvgIpc) is 3.39. The zero-order valence-electron chi connectivity index (χ0n) is 18.0. The molecule has 2 aromatic carbocycles. The number of aromatic nitrogens is 1. The molecule has 4 nitrogen and oxygen atoms in total. The van der Waals surface area contributed by atoms with Crippen molar-refractivity contribution in [2.75, 3.05) is 7.11 Å². The van der Waals surface area contributed by atoms with Gasteiger partial charge in [0.15, 0.2) is 0 Å². The van der Waals surface area contributed by atoms with E-state index in [0.717, 1.165) is 48.9 Å². The highest BCUT2D eigenvalue weighted by molar-refractivity contribution is 5.90. The van der Waals surface area contributed by atoms with Gasteiger partial charge in [-0.15, -0.1) is 0 Å². The Morgan fingerprint density at radius 2 is 1.87 bits per heavy atom. The van der Waals surface area contributed by atoms with Crippen LogP contribution in [0.1, 0.15) is 49.4 Å². The number of ether oxygens (including phenoxy) is 2. The van der Waals surface area contributed by atoms with Crippen LogP contribution in [-0.4, -0.2) is 23.8 Å². The maximum atomic E-state index is 12.2. The number of nitrogens with zero attached hydrogens (tertiary/aromatic N) is 1. The Hall–Kier alpha value is -2.75. The minimum Gasteiger partial charge on any atom is -0.490 e. The molecule has 1 saturated carbocycles. The highest BCUT2D eigenvalue weighted by Gasteiger charge is 2.21. The minimum atomic E-state index is -0.200. The highest BCUT2D eigenvalue weighted by atomic mass is 16.5. The van der Waals surface area contributed by atoms with Crippen molar-refractivity contribution in [2.24, 2.45) is 0 Å². The van der Waals surface area contributed by atoms with E-state index in [1.165, 1.54) is 36.7 Å². The number of methoxy groups -OCH3 is 1. The predicted octanol–water partition coefficient (Wildman–Crippen LogP) is 5.48. The van der Waals surface area contributed by atoms with E-state index in [9.17, 15) is 4.79 Å².